The number of imide groups is 1. The fourth-order valence-corrected chi connectivity index (χ4v) is 3.89. The number of amides is 2. The maximum atomic E-state index is 13.1. The SMILES string of the molecule is CCc1ccc(NC2=C(c3cccs3)C(=O)N(Cc3ccncc3)C2=O)cc1. The summed E-state index contributed by atoms with van der Waals surface area (Å²) in [7, 11) is 0. The summed E-state index contributed by atoms with van der Waals surface area (Å²) in [6.45, 7) is 2.31. The van der Waals surface area contributed by atoms with Crippen LogP contribution in [0.1, 0.15) is 22.9 Å². The summed E-state index contributed by atoms with van der Waals surface area (Å²) < 4.78 is 0. The fourth-order valence-electron chi connectivity index (χ4n) is 3.12. The van der Waals surface area contributed by atoms with Gasteiger partial charge < -0.3 is 5.32 Å². The van der Waals surface area contributed by atoms with E-state index in [4.69, 9.17) is 0 Å². The standard InChI is InChI=1S/C22H19N3O2S/c1-2-15-5-7-17(8-6-15)24-20-19(18-4-3-13-28-18)21(26)25(22(20)27)14-16-9-11-23-12-10-16/h3-13,24H,2,14H2,1H3. The van der Waals surface area contributed by atoms with E-state index in [1.54, 1.807) is 24.5 Å². The van der Waals surface area contributed by atoms with Gasteiger partial charge in [-0.05, 0) is 53.3 Å². The molecule has 2 aromatic heterocycles. The molecule has 0 fully saturated rings. The number of nitrogens with one attached hydrogen (secondary N) is 1. The van der Waals surface area contributed by atoms with Crippen LogP contribution in [0.3, 0.4) is 0 Å². The minimum Gasteiger partial charge on any atom is -0.350 e. The highest BCUT2D eigenvalue weighted by Gasteiger charge is 2.39. The molecule has 1 aliphatic heterocycles. The van der Waals surface area contributed by atoms with Crippen LogP contribution in [-0.2, 0) is 22.6 Å². The molecule has 5 nitrogen and oxygen atoms in total. The first-order chi connectivity index (χ1) is 13.7. The molecule has 0 bridgehead atoms. The van der Waals surface area contributed by atoms with Gasteiger partial charge in [-0.15, -0.1) is 11.3 Å². The van der Waals surface area contributed by atoms with E-state index in [2.05, 4.69) is 17.2 Å². The molecule has 2 amide bonds. The van der Waals surface area contributed by atoms with E-state index < -0.39 is 0 Å². The molecular formula is C22H19N3O2S. The number of rotatable bonds is 6. The molecule has 0 saturated carbocycles. The molecule has 28 heavy (non-hydrogen) atoms. The van der Waals surface area contributed by atoms with E-state index in [1.165, 1.54) is 21.8 Å². The monoisotopic (exact) mass is 389 g/mol. The Hall–Kier alpha value is -3.25. The van der Waals surface area contributed by atoms with Crippen LogP contribution in [0, 0.1) is 0 Å². The molecule has 6 heteroatoms. The smallest absolute Gasteiger partial charge is 0.278 e. The molecule has 1 aliphatic rings. The second-order valence-electron chi connectivity index (χ2n) is 6.45. The Labute approximate surface area is 167 Å². The molecule has 3 heterocycles. The lowest BCUT2D eigenvalue weighted by Crippen LogP contribution is -2.31. The molecule has 0 spiro atoms. The Morgan fingerprint density at radius 1 is 0.964 bits per heavy atom. The summed E-state index contributed by atoms with van der Waals surface area (Å²) in [4.78, 5) is 32.3. The van der Waals surface area contributed by atoms with E-state index in [9.17, 15) is 9.59 Å². The number of aromatic nitrogens is 1. The van der Waals surface area contributed by atoms with Gasteiger partial charge in [-0.3, -0.25) is 19.5 Å². The number of carbonyl (C=O) groups excluding carboxylic acids is 2. The number of anilines is 1. The topological polar surface area (TPSA) is 62.3 Å². The summed E-state index contributed by atoms with van der Waals surface area (Å²) in [6, 6.07) is 15.3. The summed E-state index contributed by atoms with van der Waals surface area (Å²) >= 11 is 1.45. The summed E-state index contributed by atoms with van der Waals surface area (Å²) in [5, 5.41) is 5.09. The zero-order valence-corrected chi connectivity index (χ0v) is 16.2. The predicted octanol–water partition coefficient (Wildman–Crippen LogP) is 4.10. The van der Waals surface area contributed by atoms with Crippen LogP contribution >= 0.6 is 11.3 Å². The van der Waals surface area contributed by atoms with Crippen LogP contribution in [-0.4, -0.2) is 21.7 Å². The van der Waals surface area contributed by atoms with Gasteiger partial charge in [0.25, 0.3) is 11.8 Å². The number of hydrogen-bond donors (Lipinski definition) is 1. The minimum absolute atomic E-state index is 0.217. The number of aryl methyl sites for hydroxylation is 1. The van der Waals surface area contributed by atoms with Crippen LogP contribution in [0.4, 0.5) is 5.69 Å². The fraction of sp³-hybridized carbons (Fsp3) is 0.136. The molecule has 0 radical (unpaired) electrons. The van der Waals surface area contributed by atoms with Gasteiger partial charge in [0.05, 0.1) is 12.1 Å². The molecule has 4 rings (SSSR count). The van der Waals surface area contributed by atoms with E-state index in [1.807, 2.05) is 41.8 Å². The Balaban J connectivity index is 1.68. The van der Waals surface area contributed by atoms with Crippen molar-refractivity contribution in [1.82, 2.24) is 9.88 Å². The number of thiophene rings is 1. The molecule has 1 aromatic carbocycles. The highest BCUT2D eigenvalue weighted by Crippen LogP contribution is 2.33. The molecular weight excluding hydrogens is 370 g/mol. The van der Waals surface area contributed by atoms with Crippen LogP contribution < -0.4 is 5.32 Å². The van der Waals surface area contributed by atoms with Crippen molar-refractivity contribution in [2.45, 2.75) is 19.9 Å². The second kappa shape index (κ2) is 7.78. The van der Waals surface area contributed by atoms with Crippen molar-refractivity contribution in [3.05, 3.63) is 88.0 Å². The molecule has 0 saturated heterocycles. The quantitative estimate of drug-likeness (QED) is 0.645. The highest BCUT2D eigenvalue weighted by molar-refractivity contribution is 7.11. The third-order valence-electron chi connectivity index (χ3n) is 4.66. The Kier molecular flexibility index (Phi) is 5.04. The molecule has 1 N–H and O–H groups in total. The van der Waals surface area contributed by atoms with Crippen molar-refractivity contribution in [3.8, 4) is 0 Å². The third-order valence-corrected chi connectivity index (χ3v) is 5.54. The Morgan fingerprint density at radius 3 is 2.36 bits per heavy atom. The van der Waals surface area contributed by atoms with Crippen molar-refractivity contribution in [2.24, 2.45) is 0 Å². The lowest BCUT2D eigenvalue weighted by Gasteiger charge is -2.15. The van der Waals surface area contributed by atoms with Crippen molar-refractivity contribution in [2.75, 3.05) is 5.32 Å². The normalized spacial score (nSPS) is 14.1. The summed E-state index contributed by atoms with van der Waals surface area (Å²) in [5.41, 5.74) is 3.61. The van der Waals surface area contributed by atoms with Gasteiger partial charge in [0.15, 0.2) is 0 Å². The first-order valence-corrected chi connectivity index (χ1v) is 9.94. The van der Waals surface area contributed by atoms with Gasteiger partial charge in [-0.25, -0.2) is 0 Å². The first kappa shape index (κ1) is 18.1. The second-order valence-corrected chi connectivity index (χ2v) is 7.40. The van der Waals surface area contributed by atoms with E-state index in [-0.39, 0.29) is 18.4 Å². The summed E-state index contributed by atoms with van der Waals surface area (Å²) in [6.07, 6.45) is 4.26. The van der Waals surface area contributed by atoms with Gasteiger partial charge in [0, 0.05) is 23.0 Å². The average Bonchev–Trinajstić information content (AvgIpc) is 3.33. The zero-order valence-electron chi connectivity index (χ0n) is 15.4. The number of carbonyl (C=O) groups is 2. The Morgan fingerprint density at radius 2 is 1.71 bits per heavy atom. The van der Waals surface area contributed by atoms with Gasteiger partial charge >= 0.3 is 0 Å². The van der Waals surface area contributed by atoms with E-state index in [0.29, 0.717) is 11.3 Å². The molecule has 0 aliphatic carbocycles. The van der Waals surface area contributed by atoms with Crippen LogP contribution in [0.15, 0.2) is 72.0 Å². The van der Waals surface area contributed by atoms with Gasteiger partial charge in [-0.1, -0.05) is 25.1 Å². The minimum atomic E-state index is -0.315. The number of nitrogens with zero attached hydrogens (tertiary/aromatic N) is 2. The van der Waals surface area contributed by atoms with Gasteiger partial charge in [0.1, 0.15) is 5.70 Å². The largest absolute Gasteiger partial charge is 0.350 e. The van der Waals surface area contributed by atoms with Gasteiger partial charge in [0.2, 0.25) is 0 Å². The van der Waals surface area contributed by atoms with Crippen LogP contribution in [0.2, 0.25) is 0 Å². The van der Waals surface area contributed by atoms with Crippen molar-refractivity contribution < 1.29 is 9.59 Å². The number of pyridine rings is 1. The number of hydrogen-bond acceptors (Lipinski definition) is 5. The third kappa shape index (κ3) is 3.46. The van der Waals surface area contributed by atoms with Crippen LogP contribution in [0.25, 0.3) is 5.57 Å². The molecule has 0 unspecified atom stereocenters. The molecule has 0 atom stereocenters. The lowest BCUT2D eigenvalue weighted by atomic mass is 10.1. The van der Waals surface area contributed by atoms with Crippen molar-refractivity contribution in [1.29, 1.82) is 0 Å². The predicted molar refractivity (Wildman–Crippen MR) is 110 cm³/mol. The van der Waals surface area contributed by atoms with E-state index >= 15 is 0 Å². The zero-order chi connectivity index (χ0) is 19.5. The molecule has 3 aromatic rings. The van der Waals surface area contributed by atoms with E-state index in [0.717, 1.165) is 22.5 Å². The average molecular weight is 389 g/mol. The van der Waals surface area contributed by atoms with Gasteiger partial charge in [-0.2, -0.15) is 0 Å². The van der Waals surface area contributed by atoms with Crippen molar-refractivity contribution >= 4 is 34.4 Å². The Bertz CT molecular complexity index is 1030. The molecule has 140 valence electrons. The van der Waals surface area contributed by atoms with Crippen molar-refractivity contribution in [3.63, 3.8) is 0 Å². The highest BCUT2D eigenvalue weighted by atomic mass is 32.1. The maximum Gasteiger partial charge on any atom is 0.278 e. The van der Waals surface area contributed by atoms with Crippen LogP contribution in [0.5, 0.6) is 0 Å². The number of benzene rings is 1. The first-order valence-electron chi connectivity index (χ1n) is 9.06. The summed E-state index contributed by atoms with van der Waals surface area (Å²) in [5.74, 6) is -0.596. The lowest BCUT2D eigenvalue weighted by molar-refractivity contribution is -0.137. The maximum absolute atomic E-state index is 13.1.